The molecule has 0 aliphatic carbocycles. The van der Waals surface area contributed by atoms with Crippen molar-refractivity contribution in [1.29, 1.82) is 0 Å². The zero-order valence-corrected chi connectivity index (χ0v) is 20.3. The molecule has 0 heterocycles. The van der Waals surface area contributed by atoms with E-state index in [0.29, 0.717) is 34.1 Å². The Kier molecular flexibility index (Phi) is 6.12. The number of aldehydes is 2. The van der Waals surface area contributed by atoms with Gasteiger partial charge in [0.2, 0.25) is 0 Å². The fraction of sp³-hybridized carbons (Fsp3) is 0. The third kappa shape index (κ3) is 4.40. The molecule has 0 spiro atoms. The second-order valence-corrected chi connectivity index (χ2v) is 8.90. The molecule has 0 saturated carbocycles. The highest BCUT2D eigenvalue weighted by Crippen LogP contribution is 2.47. The largest absolute Gasteiger partial charge is 0.457 e. The maximum absolute atomic E-state index is 11.1. The molecule has 0 amide bonds. The van der Waals surface area contributed by atoms with Crippen LogP contribution < -0.4 is 9.47 Å². The van der Waals surface area contributed by atoms with Crippen molar-refractivity contribution in [3.05, 3.63) is 132 Å². The van der Waals surface area contributed by atoms with Crippen LogP contribution in [-0.2, 0) is 0 Å². The van der Waals surface area contributed by atoms with E-state index >= 15 is 0 Å². The minimum absolute atomic E-state index is 0.585. The summed E-state index contributed by atoms with van der Waals surface area (Å²) in [7, 11) is 0. The number of ether oxygens (including phenoxy) is 2. The van der Waals surface area contributed by atoms with E-state index in [4.69, 9.17) is 9.47 Å². The molecule has 0 fully saturated rings. The van der Waals surface area contributed by atoms with Crippen molar-refractivity contribution in [1.82, 2.24) is 0 Å². The average molecular weight is 495 g/mol. The van der Waals surface area contributed by atoms with Crippen LogP contribution >= 0.6 is 0 Å². The highest BCUT2D eigenvalue weighted by atomic mass is 16.5. The predicted molar refractivity (Wildman–Crippen MR) is 151 cm³/mol. The Bertz CT molecular complexity index is 1650. The van der Waals surface area contributed by atoms with Gasteiger partial charge >= 0.3 is 0 Å². The van der Waals surface area contributed by atoms with Gasteiger partial charge in [0.05, 0.1) is 0 Å². The van der Waals surface area contributed by atoms with Gasteiger partial charge in [0.25, 0.3) is 0 Å². The normalized spacial score (nSPS) is 10.8. The number of benzene rings is 6. The van der Waals surface area contributed by atoms with Gasteiger partial charge in [-0.1, -0.05) is 60.7 Å². The lowest BCUT2D eigenvalue weighted by Crippen LogP contribution is -1.95. The number of rotatable bonds is 7. The first-order valence-corrected chi connectivity index (χ1v) is 12.2. The molecule has 0 atom stereocenters. The smallest absolute Gasteiger partial charge is 0.150 e. The maximum Gasteiger partial charge on any atom is 0.150 e. The molecule has 4 heteroatoms. The molecule has 0 bridgehead atoms. The first kappa shape index (κ1) is 23.2. The number of hydrogen-bond acceptors (Lipinski definition) is 4. The SMILES string of the molecule is O=Cc1ccc(Oc2ccc3ccccc3c2-c2c(Oc3ccc(C=O)cc3)ccc3ccccc23)cc1. The lowest BCUT2D eigenvalue weighted by molar-refractivity contribution is 0.111. The lowest BCUT2D eigenvalue weighted by Gasteiger charge is -2.19. The van der Waals surface area contributed by atoms with Gasteiger partial charge in [-0.3, -0.25) is 9.59 Å². The van der Waals surface area contributed by atoms with E-state index in [1.54, 1.807) is 48.5 Å². The summed E-state index contributed by atoms with van der Waals surface area (Å²) < 4.78 is 12.9. The molecule has 182 valence electrons. The van der Waals surface area contributed by atoms with Crippen LogP contribution in [0.1, 0.15) is 20.7 Å². The molecule has 6 rings (SSSR count). The van der Waals surface area contributed by atoms with Gasteiger partial charge in [0.15, 0.2) is 0 Å². The van der Waals surface area contributed by atoms with Crippen LogP contribution in [0, 0.1) is 0 Å². The van der Waals surface area contributed by atoms with Gasteiger partial charge in [-0.15, -0.1) is 0 Å². The van der Waals surface area contributed by atoms with Crippen LogP contribution in [0.4, 0.5) is 0 Å². The van der Waals surface area contributed by atoms with Gasteiger partial charge in [-0.05, 0) is 82.2 Å². The molecule has 0 saturated heterocycles. The summed E-state index contributed by atoms with van der Waals surface area (Å²) in [5, 5.41) is 4.18. The van der Waals surface area contributed by atoms with Crippen molar-refractivity contribution in [2.75, 3.05) is 0 Å². The first-order valence-electron chi connectivity index (χ1n) is 12.2. The fourth-order valence-electron chi connectivity index (χ4n) is 4.67. The van der Waals surface area contributed by atoms with Crippen LogP contribution in [0.15, 0.2) is 121 Å². The summed E-state index contributed by atoms with van der Waals surface area (Å²) in [5.41, 5.74) is 2.97. The summed E-state index contributed by atoms with van der Waals surface area (Å²) in [6, 6.07) is 38.5. The third-order valence-corrected chi connectivity index (χ3v) is 6.52. The van der Waals surface area contributed by atoms with Crippen molar-refractivity contribution >= 4 is 34.1 Å². The Morgan fingerprint density at radius 2 is 0.816 bits per heavy atom. The van der Waals surface area contributed by atoms with E-state index in [-0.39, 0.29) is 0 Å². The minimum Gasteiger partial charge on any atom is -0.457 e. The van der Waals surface area contributed by atoms with Gasteiger partial charge in [-0.25, -0.2) is 0 Å². The van der Waals surface area contributed by atoms with Crippen molar-refractivity contribution in [2.45, 2.75) is 0 Å². The van der Waals surface area contributed by atoms with E-state index < -0.39 is 0 Å². The van der Waals surface area contributed by atoms with Gasteiger partial charge in [-0.2, -0.15) is 0 Å². The quantitative estimate of drug-likeness (QED) is 0.208. The monoisotopic (exact) mass is 494 g/mol. The predicted octanol–water partition coefficient (Wildman–Crippen LogP) is 8.87. The Hall–Kier alpha value is -5.22. The maximum atomic E-state index is 11.1. The summed E-state index contributed by atoms with van der Waals surface area (Å²) in [6.07, 6.45) is 1.62. The zero-order valence-electron chi connectivity index (χ0n) is 20.3. The van der Waals surface area contributed by atoms with Gasteiger partial charge in [0, 0.05) is 22.3 Å². The Morgan fingerprint density at radius 1 is 0.421 bits per heavy atom. The zero-order chi connectivity index (χ0) is 25.9. The average Bonchev–Trinajstić information content (AvgIpc) is 2.98. The molecule has 0 radical (unpaired) electrons. The third-order valence-electron chi connectivity index (χ3n) is 6.52. The van der Waals surface area contributed by atoms with Crippen LogP contribution in [0.25, 0.3) is 32.7 Å². The Morgan fingerprint density at radius 3 is 1.21 bits per heavy atom. The van der Waals surface area contributed by atoms with Crippen LogP contribution in [0.3, 0.4) is 0 Å². The number of carbonyl (C=O) groups is 2. The lowest BCUT2D eigenvalue weighted by atomic mass is 9.92. The Balaban J connectivity index is 1.59. The van der Waals surface area contributed by atoms with E-state index in [9.17, 15) is 9.59 Å². The topological polar surface area (TPSA) is 52.6 Å². The fourth-order valence-corrected chi connectivity index (χ4v) is 4.67. The van der Waals surface area contributed by atoms with Crippen LogP contribution in [0.5, 0.6) is 23.0 Å². The standard InChI is InChI=1S/C34H22O4/c35-21-23-9-15-27(16-10-23)37-31-19-13-25-5-1-3-7-29(25)33(31)34-30-8-4-2-6-26(30)14-20-32(34)38-28-17-11-24(22-36)12-18-28/h1-22H. The highest BCUT2D eigenvalue weighted by Gasteiger charge is 2.20. The molecular formula is C34H22O4. The second kappa shape index (κ2) is 10.0. The second-order valence-electron chi connectivity index (χ2n) is 8.90. The number of carbonyl (C=O) groups excluding carboxylic acids is 2. The van der Waals surface area contributed by atoms with E-state index in [1.165, 1.54) is 0 Å². The molecule has 6 aromatic rings. The first-order chi connectivity index (χ1) is 18.7. The molecule has 38 heavy (non-hydrogen) atoms. The van der Waals surface area contributed by atoms with Crippen LogP contribution in [0.2, 0.25) is 0 Å². The summed E-state index contributed by atoms with van der Waals surface area (Å²) in [6.45, 7) is 0. The molecular weight excluding hydrogens is 472 g/mol. The molecule has 6 aromatic carbocycles. The highest BCUT2D eigenvalue weighted by molar-refractivity contribution is 6.10. The van der Waals surface area contributed by atoms with Gasteiger partial charge in [0.1, 0.15) is 35.6 Å². The molecule has 0 N–H and O–H groups in total. The van der Waals surface area contributed by atoms with Crippen molar-refractivity contribution in [3.63, 3.8) is 0 Å². The number of hydrogen-bond donors (Lipinski definition) is 0. The molecule has 0 unspecified atom stereocenters. The molecule has 4 nitrogen and oxygen atoms in total. The van der Waals surface area contributed by atoms with Crippen molar-refractivity contribution < 1.29 is 19.1 Å². The van der Waals surface area contributed by atoms with E-state index in [0.717, 1.165) is 45.2 Å². The summed E-state index contributed by atoms with van der Waals surface area (Å²) >= 11 is 0. The number of fused-ring (bicyclic) bond motifs is 2. The van der Waals surface area contributed by atoms with Crippen molar-refractivity contribution in [3.8, 4) is 34.1 Å². The van der Waals surface area contributed by atoms with Crippen LogP contribution in [-0.4, -0.2) is 12.6 Å². The van der Waals surface area contributed by atoms with Gasteiger partial charge < -0.3 is 9.47 Å². The van der Waals surface area contributed by atoms with Crippen molar-refractivity contribution in [2.24, 2.45) is 0 Å². The molecule has 0 aliphatic heterocycles. The molecule has 0 aromatic heterocycles. The Labute approximate surface area is 219 Å². The summed E-state index contributed by atoms with van der Waals surface area (Å²) in [4.78, 5) is 22.3. The minimum atomic E-state index is 0.585. The van der Waals surface area contributed by atoms with E-state index in [2.05, 4.69) is 24.3 Å². The van der Waals surface area contributed by atoms with E-state index in [1.807, 2.05) is 48.5 Å². The molecule has 0 aliphatic rings. The summed E-state index contributed by atoms with van der Waals surface area (Å²) in [5.74, 6) is 2.58.